The average molecular weight is 403 g/mol. The summed E-state index contributed by atoms with van der Waals surface area (Å²) >= 11 is 2.07. The van der Waals surface area contributed by atoms with Gasteiger partial charge in [0.2, 0.25) is 0 Å². The number of thioether (sulfide) groups is 2. The molecule has 126 valence electrons. The normalized spacial score (nSPS) is 14.9. The van der Waals surface area contributed by atoms with Crippen molar-refractivity contribution in [3.05, 3.63) is 0 Å². The van der Waals surface area contributed by atoms with Gasteiger partial charge in [0.15, 0.2) is 9.84 Å². The Labute approximate surface area is 162 Å². The second-order valence-corrected chi connectivity index (χ2v) is 10.9. The van der Waals surface area contributed by atoms with E-state index >= 15 is 0 Å². The van der Waals surface area contributed by atoms with E-state index in [-0.39, 0.29) is 53.2 Å². The predicted molar refractivity (Wildman–Crippen MR) is 84.4 cm³/mol. The Morgan fingerprint density at radius 1 is 1.18 bits per heavy atom. The molecule has 2 unspecified atom stereocenters. The number of aliphatic carboxylic acids is 1. The molecule has 0 saturated carbocycles. The van der Waals surface area contributed by atoms with E-state index < -0.39 is 36.4 Å². The van der Waals surface area contributed by atoms with Gasteiger partial charge in [-0.3, -0.25) is 4.79 Å². The number of carboxylic acids is 1. The first kappa shape index (κ1) is 25.3. The molecule has 0 bridgehead atoms. The molecule has 0 aliphatic carbocycles. The van der Waals surface area contributed by atoms with Gasteiger partial charge in [0.1, 0.15) is 10.1 Å². The maximum Gasteiger partial charge on any atom is 1.00 e. The first-order valence-electron chi connectivity index (χ1n) is 5.98. The minimum Gasteiger partial charge on any atom is -0.747 e. The molecule has 0 saturated heterocycles. The smallest absolute Gasteiger partial charge is 0.747 e. The standard InChI is InChI=1S/C10H20O7S4.Na/c1-8(10(11)12)7-9(21(15,16)17)19-4-6-20(13,14)5-3-18-2;/h8-9H,3-7H2,1-2H3,(H,11,12)(H,15,16,17);/q;+1/p-1. The second-order valence-electron chi connectivity index (χ2n) is 4.41. The van der Waals surface area contributed by atoms with Crippen LogP contribution in [0.5, 0.6) is 0 Å². The molecule has 7 nitrogen and oxygen atoms in total. The van der Waals surface area contributed by atoms with Crippen LogP contribution in [0.4, 0.5) is 0 Å². The molecular formula is C10H19NaO7S4. The summed E-state index contributed by atoms with van der Waals surface area (Å²) in [6, 6.07) is 0. The third-order valence-corrected chi connectivity index (χ3v) is 8.32. The van der Waals surface area contributed by atoms with E-state index in [1.54, 1.807) is 6.26 Å². The molecule has 0 aliphatic rings. The van der Waals surface area contributed by atoms with Crippen LogP contribution in [-0.2, 0) is 24.7 Å². The van der Waals surface area contributed by atoms with E-state index in [1.165, 1.54) is 18.7 Å². The van der Waals surface area contributed by atoms with Crippen molar-refractivity contribution in [3.63, 3.8) is 0 Å². The van der Waals surface area contributed by atoms with Crippen molar-refractivity contribution in [2.75, 3.05) is 29.3 Å². The van der Waals surface area contributed by atoms with Gasteiger partial charge in [-0.25, -0.2) is 16.8 Å². The third kappa shape index (κ3) is 11.5. The fourth-order valence-corrected chi connectivity index (χ4v) is 6.73. The molecule has 0 radical (unpaired) electrons. The van der Waals surface area contributed by atoms with Crippen molar-refractivity contribution in [2.45, 2.75) is 17.9 Å². The Kier molecular flexibility index (Phi) is 13.3. The molecule has 0 aromatic heterocycles. The minimum atomic E-state index is -4.68. The van der Waals surface area contributed by atoms with Crippen LogP contribution in [0.1, 0.15) is 13.3 Å². The molecule has 0 fully saturated rings. The molecule has 12 heteroatoms. The van der Waals surface area contributed by atoms with Crippen molar-refractivity contribution in [2.24, 2.45) is 5.92 Å². The summed E-state index contributed by atoms with van der Waals surface area (Å²) in [7, 11) is -7.96. The van der Waals surface area contributed by atoms with Crippen LogP contribution >= 0.6 is 23.5 Å². The summed E-state index contributed by atoms with van der Waals surface area (Å²) in [5.74, 6) is -2.02. The molecule has 0 aromatic rings. The van der Waals surface area contributed by atoms with E-state index in [0.29, 0.717) is 17.5 Å². The van der Waals surface area contributed by atoms with Crippen molar-refractivity contribution in [1.29, 1.82) is 0 Å². The maximum atomic E-state index is 11.6. The molecule has 0 spiro atoms. The van der Waals surface area contributed by atoms with E-state index in [2.05, 4.69) is 0 Å². The zero-order chi connectivity index (χ0) is 16.7. The molecule has 0 rings (SSSR count). The predicted octanol–water partition coefficient (Wildman–Crippen LogP) is -2.52. The van der Waals surface area contributed by atoms with Crippen LogP contribution in [-0.4, -0.2) is 66.3 Å². The monoisotopic (exact) mass is 402 g/mol. The molecular weight excluding hydrogens is 383 g/mol. The third-order valence-electron chi connectivity index (χ3n) is 2.59. The zero-order valence-corrected chi connectivity index (χ0v) is 18.0. The van der Waals surface area contributed by atoms with Crippen LogP contribution in [0.15, 0.2) is 0 Å². The molecule has 0 heterocycles. The van der Waals surface area contributed by atoms with E-state index in [9.17, 15) is 26.2 Å². The largest absolute Gasteiger partial charge is 1.00 e. The molecule has 22 heavy (non-hydrogen) atoms. The topological polar surface area (TPSA) is 129 Å². The molecule has 1 N–H and O–H groups in total. The van der Waals surface area contributed by atoms with Crippen molar-refractivity contribution in [3.8, 4) is 0 Å². The quantitative estimate of drug-likeness (QED) is 0.294. The number of carbonyl (C=O) groups is 1. The van der Waals surface area contributed by atoms with Gasteiger partial charge in [-0.1, -0.05) is 6.92 Å². The molecule has 0 amide bonds. The van der Waals surface area contributed by atoms with Gasteiger partial charge in [-0.2, -0.15) is 11.8 Å². The summed E-state index contributed by atoms with van der Waals surface area (Å²) < 4.78 is 55.0. The van der Waals surface area contributed by atoms with E-state index in [4.69, 9.17) is 5.11 Å². The van der Waals surface area contributed by atoms with Gasteiger partial charge < -0.3 is 9.66 Å². The Balaban J connectivity index is 0. The van der Waals surface area contributed by atoms with Gasteiger partial charge in [0, 0.05) is 11.5 Å². The number of hydrogen-bond donors (Lipinski definition) is 1. The van der Waals surface area contributed by atoms with Crippen molar-refractivity contribution < 1.29 is 60.8 Å². The summed E-state index contributed by atoms with van der Waals surface area (Å²) in [6.07, 6.45) is 1.44. The Bertz CT molecular complexity index is 531. The molecule has 2 atom stereocenters. The van der Waals surface area contributed by atoms with Gasteiger partial charge in [0.05, 0.1) is 22.0 Å². The van der Waals surface area contributed by atoms with Gasteiger partial charge in [-0.15, -0.1) is 11.8 Å². The SMILES string of the molecule is CSCCS(=O)(=O)CCSC(CC(C)C(=O)O)S(=O)(=O)[O-].[Na+]. The first-order valence-corrected chi connectivity index (χ1v) is 11.7. The van der Waals surface area contributed by atoms with Gasteiger partial charge in [0.25, 0.3) is 0 Å². The number of hydrogen-bond acceptors (Lipinski definition) is 8. The number of rotatable bonds is 11. The minimum absolute atomic E-state index is 0. The number of carboxylic acid groups (broad SMARTS) is 1. The second kappa shape index (κ2) is 11.6. The van der Waals surface area contributed by atoms with Gasteiger partial charge in [-0.05, 0) is 12.7 Å². The van der Waals surface area contributed by atoms with Crippen LogP contribution in [0.2, 0.25) is 0 Å². The molecule has 0 aliphatic heterocycles. The Morgan fingerprint density at radius 2 is 1.68 bits per heavy atom. The summed E-state index contributed by atoms with van der Waals surface area (Å²) in [6.45, 7) is 1.30. The fourth-order valence-electron chi connectivity index (χ4n) is 1.28. The summed E-state index contributed by atoms with van der Waals surface area (Å²) in [5.41, 5.74) is 0. The summed E-state index contributed by atoms with van der Waals surface area (Å²) in [5, 5.41) is 8.74. The molecule has 0 aromatic carbocycles. The first-order chi connectivity index (χ1) is 9.49. The Hall–Kier alpha value is 1.03. The fraction of sp³-hybridized carbons (Fsp3) is 0.900. The van der Waals surface area contributed by atoms with Crippen LogP contribution in [0, 0.1) is 5.92 Å². The Morgan fingerprint density at radius 3 is 2.09 bits per heavy atom. The average Bonchev–Trinajstić information content (AvgIpc) is 2.33. The zero-order valence-electron chi connectivity index (χ0n) is 12.7. The van der Waals surface area contributed by atoms with Crippen LogP contribution in [0.3, 0.4) is 0 Å². The van der Waals surface area contributed by atoms with E-state index in [0.717, 1.165) is 0 Å². The van der Waals surface area contributed by atoms with Crippen LogP contribution < -0.4 is 29.6 Å². The summed E-state index contributed by atoms with van der Waals surface area (Å²) in [4.78, 5) is 10.7. The van der Waals surface area contributed by atoms with Crippen molar-refractivity contribution in [1.82, 2.24) is 0 Å². The number of sulfone groups is 1. The maximum absolute atomic E-state index is 11.6. The van der Waals surface area contributed by atoms with Crippen LogP contribution in [0.25, 0.3) is 0 Å². The van der Waals surface area contributed by atoms with Crippen molar-refractivity contribution >= 4 is 49.4 Å². The van der Waals surface area contributed by atoms with E-state index in [1.807, 2.05) is 0 Å². The van der Waals surface area contributed by atoms with Gasteiger partial charge >= 0.3 is 35.5 Å².